The molecule has 1 aromatic rings. The quantitative estimate of drug-likeness (QED) is 0.791. The molecule has 0 aliphatic carbocycles. The third-order valence-corrected chi connectivity index (χ3v) is 2.75. The summed E-state index contributed by atoms with van der Waals surface area (Å²) >= 11 is 3.13. The molecule has 18 heavy (non-hydrogen) atoms. The topological polar surface area (TPSA) is 75.6 Å². The number of halogens is 1. The van der Waals surface area contributed by atoms with Crippen LogP contribution in [0, 0.1) is 0 Å². The first kappa shape index (κ1) is 14.7. The van der Waals surface area contributed by atoms with Gasteiger partial charge in [-0.1, -0.05) is 6.92 Å². The molecule has 6 heteroatoms. The maximum Gasteiger partial charge on any atom is 0.336 e. The zero-order valence-corrected chi connectivity index (χ0v) is 11.5. The van der Waals surface area contributed by atoms with Gasteiger partial charge in [-0.05, 0) is 40.5 Å². The van der Waals surface area contributed by atoms with Gasteiger partial charge in [0.25, 0.3) is 0 Å². The molecule has 1 rings (SSSR count). The molecule has 2 N–H and O–H groups in total. The number of hydrogen-bond donors (Lipinski definition) is 2. The third-order valence-electron chi connectivity index (χ3n) is 2.06. The molecule has 0 spiro atoms. The van der Waals surface area contributed by atoms with Crippen LogP contribution in [0.3, 0.4) is 0 Å². The van der Waals surface area contributed by atoms with E-state index in [1.54, 1.807) is 12.1 Å². The molecular formula is C12H14BrNO4. The van der Waals surface area contributed by atoms with Crippen molar-refractivity contribution in [1.82, 2.24) is 0 Å². The second kappa shape index (κ2) is 7.13. The molecule has 1 amide bonds. The van der Waals surface area contributed by atoms with E-state index in [0.29, 0.717) is 16.8 Å². The van der Waals surface area contributed by atoms with Gasteiger partial charge >= 0.3 is 5.97 Å². The van der Waals surface area contributed by atoms with Gasteiger partial charge in [0.2, 0.25) is 5.91 Å². The number of anilines is 1. The Labute approximate surface area is 113 Å². The van der Waals surface area contributed by atoms with Crippen LogP contribution < -0.4 is 5.32 Å². The number of carbonyl (C=O) groups is 2. The Bertz CT molecular complexity index is 448. The Morgan fingerprint density at radius 1 is 1.44 bits per heavy atom. The summed E-state index contributed by atoms with van der Waals surface area (Å²) in [5.74, 6) is -1.36. The summed E-state index contributed by atoms with van der Waals surface area (Å²) in [6.45, 7) is 2.44. The van der Waals surface area contributed by atoms with E-state index in [4.69, 9.17) is 9.84 Å². The summed E-state index contributed by atoms with van der Waals surface area (Å²) < 4.78 is 5.55. The lowest BCUT2D eigenvalue weighted by atomic mass is 10.2. The number of nitrogens with one attached hydrogen (secondary N) is 1. The highest BCUT2D eigenvalue weighted by molar-refractivity contribution is 9.10. The van der Waals surface area contributed by atoms with E-state index < -0.39 is 5.97 Å². The van der Waals surface area contributed by atoms with Crippen molar-refractivity contribution in [3.63, 3.8) is 0 Å². The van der Waals surface area contributed by atoms with Crippen molar-refractivity contribution in [3.05, 3.63) is 28.2 Å². The van der Waals surface area contributed by atoms with Crippen LogP contribution >= 0.6 is 15.9 Å². The predicted molar refractivity (Wildman–Crippen MR) is 70.8 cm³/mol. The van der Waals surface area contributed by atoms with Crippen molar-refractivity contribution >= 4 is 33.5 Å². The van der Waals surface area contributed by atoms with Crippen molar-refractivity contribution in [3.8, 4) is 0 Å². The van der Waals surface area contributed by atoms with Crippen molar-refractivity contribution < 1.29 is 19.4 Å². The van der Waals surface area contributed by atoms with Crippen LogP contribution in [0.2, 0.25) is 0 Å². The van der Waals surface area contributed by atoms with Crippen LogP contribution in [-0.2, 0) is 9.53 Å². The van der Waals surface area contributed by atoms with Crippen molar-refractivity contribution in [2.45, 2.75) is 13.3 Å². The summed E-state index contributed by atoms with van der Waals surface area (Å²) in [5, 5.41) is 11.5. The van der Waals surface area contributed by atoms with Crippen LogP contribution in [0.5, 0.6) is 0 Å². The highest BCUT2D eigenvalue weighted by Gasteiger charge is 2.10. The Morgan fingerprint density at radius 2 is 2.17 bits per heavy atom. The predicted octanol–water partition coefficient (Wildman–Crippen LogP) is 2.51. The van der Waals surface area contributed by atoms with Gasteiger partial charge in [-0.3, -0.25) is 4.79 Å². The molecule has 0 saturated carbocycles. The summed E-state index contributed by atoms with van der Waals surface area (Å²) in [6.07, 6.45) is 0.842. The zero-order chi connectivity index (χ0) is 13.5. The molecule has 0 unspecified atom stereocenters. The monoisotopic (exact) mass is 315 g/mol. The number of benzene rings is 1. The Morgan fingerprint density at radius 3 is 2.78 bits per heavy atom. The number of ether oxygens (including phenoxy) is 1. The van der Waals surface area contributed by atoms with Crippen molar-refractivity contribution in [2.75, 3.05) is 18.5 Å². The zero-order valence-electron chi connectivity index (χ0n) is 9.90. The molecule has 0 bridgehead atoms. The summed E-state index contributed by atoms with van der Waals surface area (Å²) in [6, 6.07) is 4.59. The molecule has 0 saturated heterocycles. The Kier molecular flexibility index (Phi) is 5.80. The summed E-state index contributed by atoms with van der Waals surface area (Å²) in [4.78, 5) is 22.4. The molecule has 1 aromatic carbocycles. The van der Waals surface area contributed by atoms with Crippen LogP contribution in [0.4, 0.5) is 5.69 Å². The van der Waals surface area contributed by atoms with Crippen LogP contribution in [0.15, 0.2) is 22.7 Å². The first-order chi connectivity index (χ1) is 8.54. The Balaban J connectivity index is 2.65. The molecule has 0 aliphatic heterocycles. The van der Waals surface area contributed by atoms with Crippen LogP contribution in [-0.4, -0.2) is 30.2 Å². The number of aromatic carboxylic acids is 1. The average Bonchev–Trinajstić information content (AvgIpc) is 2.31. The molecule has 0 atom stereocenters. The third kappa shape index (κ3) is 4.46. The smallest absolute Gasteiger partial charge is 0.336 e. The van der Waals surface area contributed by atoms with E-state index in [1.807, 2.05) is 6.92 Å². The normalized spacial score (nSPS) is 10.1. The highest BCUT2D eigenvalue weighted by Crippen LogP contribution is 2.21. The first-order valence-corrected chi connectivity index (χ1v) is 6.24. The SMILES string of the molecule is CCCOCC(=O)Nc1ccc(Br)c(C(=O)O)c1. The van der Waals surface area contributed by atoms with Gasteiger partial charge < -0.3 is 15.2 Å². The second-order valence-corrected chi connectivity index (χ2v) is 4.45. The highest BCUT2D eigenvalue weighted by atomic mass is 79.9. The number of hydrogen-bond acceptors (Lipinski definition) is 3. The first-order valence-electron chi connectivity index (χ1n) is 5.45. The maximum atomic E-state index is 11.5. The molecule has 98 valence electrons. The maximum absolute atomic E-state index is 11.5. The van der Waals surface area contributed by atoms with Crippen LogP contribution in [0.1, 0.15) is 23.7 Å². The standard InChI is InChI=1S/C12H14BrNO4/c1-2-5-18-7-11(15)14-8-3-4-10(13)9(6-8)12(16)17/h3-4,6H,2,5,7H2,1H3,(H,14,15)(H,16,17). The van der Waals surface area contributed by atoms with E-state index in [1.165, 1.54) is 6.07 Å². The summed E-state index contributed by atoms with van der Waals surface area (Å²) in [5.41, 5.74) is 0.531. The summed E-state index contributed by atoms with van der Waals surface area (Å²) in [7, 11) is 0. The lowest BCUT2D eigenvalue weighted by Crippen LogP contribution is -2.18. The van der Waals surface area contributed by atoms with Gasteiger partial charge in [0.1, 0.15) is 6.61 Å². The van der Waals surface area contributed by atoms with Crippen molar-refractivity contribution in [1.29, 1.82) is 0 Å². The van der Waals surface area contributed by atoms with E-state index in [-0.39, 0.29) is 18.1 Å². The van der Waals surface area contributed by atoms with E-state index in [0.717, 1.165) is 6.42 Å². The fourth-order valence-corrected chi connectivity index (χ4v) is 1.69. The fourth-order valence-electron chi connectivity index (χ4n) is 1.27. The number of carboxylic acids is 1. The molecule has 0 fully saturated rings. The minimum Gasteiger partial charge on any atom is -0.478 e. The van der Waals surface area contributed by atoms with E-state index in [9.17, 15) is 9.59 Å². The largest absolute Gasteiger partial charge is 0.478 e. The average molecular weight is 316 g/mol. The van der Waals surface area contributed by atoms with Gasteiger partial charge in [0.15, 0.2) is 0 Å². The number of carboxylic acid groups (broad SMARTS) is 1. The molecular weight excluding hydrogens is 302 g/mol. The molecule has 0 aliphatic rings. The van der Waals surface area contributed by atoms with Gasteiger partial charge in [0, 0.05) is 16.8 Å². The van der Waals surface area contributed by atoms with E-state index in [2.05, 4.69) is 21.2 Å². The lowest BCUT2D eigenvalue weighted by Gasteiger charge is -2.07. The second-order valence-electron chi connectivity index (χ2n) is 3.60. The molecule has 5 nitrogen and oxygen atoms in total. The van der Waals surface area contributed by atoms with Gasteiger partial charge in [-0.25, -0.2) is 4.79 Å². The van der Waals surface area contributed by atoms with Crippen molar-refractivity contribution in [2.24, 2.45) is 0 Å². The minimum absolute atomic E-state index is 0.0354. The minimum atomic E-state index is -1.06. The molecule has 0 radical (unpaired) electrons. The van der Waals surface area contributed by atoms with Gasteiger partial charge in [-0.15, -0.1) is 0 Å². The lowest BCUT2D eigenvalue weighted by molar-refractivity contribution is -0.120. The van der Waals surface area contributed by atoms with Gasteiger partial charge in [-0.2, -0.15) is 0 Å². The Hall–Kier alpha value is -1.40. The number of carbonyl (C=O) groups excluding carboxylic acids is 1. The molecule has 0 aromatic heterocycles. The number of rotatable bonds is 6. The van der Waals surface area contributed by atoms with E-state index >= 15 is 0 Å². The number of amides is 1. The van der Waals surface area contributed by atoms with Crippen LogP contribution in [0.25, 0.3) is 0 Å². The fraction of sp³-hybridized carbons (Fsp3) is 0.333. The van der Waals surface area contributed by atoms with Gasteiger partial charge in [0.05, 0.1) is 5.56 Å². The molecule has 0 heterocycles.